The van der Waals surface area contributed by atoms with Crippen molar-refractivity contribution in [2.75, 3.05) is 6.61 Å². The summed E-state index contributed by atoms with van der Waals surface area (Å²) in [6.45, 7) is 1.35. The van der Waals surface area contributed by atoms with Crippen LogP contribution in [0.1, 0.15) is 23.0 Å². The second-order valence-corrected chi connectivity index (χ2v) is 5.33. The summed E-state index contributed by atoms with van der Waals surface area (Å²) in [6, 6.07) is 1.97. The normalized spacial score (nSPS) is 11.8. The number of rotatable bonds is 3. The molecule has 0 atom stereocenters. The molecule has 0 aliphatic rings. The third-order valence-electron chi connectivity index (χ3n) is 3.62. The zero-order valence-electron chi connectivity index (χ0n) is 13.5. The van der Waals surface area contributed by atoms with Gasteiger partial charge in [-0.25, -0.2) is 23.0 Å². The summed E-state index contributed by atoms with van der Waals surface area (Å²) in [5, 5.41) is 0. The maximum atomic E-state index is 14.0. The van der Waals surface area contributed by atoms with E-state index < -0.39 is 57.6 Å². The predicted molar refractivity (Wildman–Crippen MR) is 82.1 cm³/mol. The van der Waals surface area contributed by atoms with Crippen molar-refractivity contribution in [3.63, 3.8) is 0 Å². The Kier molecular flexibility index (Phi) is 4.46. The molecule has 142 valence electrons. The first-order chi connectivity index (χ1) is 12.6. The number of imidazole rings is 1. The van der Waals surface area contributed by atoms with Gasteiger partial charge in [-0.2, -0.15) is 13.2 Å². The van der Waals surface area contributed by atoms with Gasteiger partial charge in [0.2, 0.25) is 5.78 Å². The topological polar surface area (TPSA) is 76.5 Å². The fourth-order valence-electron chi connectivity index (χ4n) is 2.54. The lowest BCUT2D eigenvalue weighted by Gasteiger charge is -2.10. The Morgan fingerprint density at radius 3 is 2.59 bits per heavy atom. The molecule has 0 saturated heterocycles. The summed E-state index contributed by atoms with van der Waals surface area (Å²) < 4.78 is 72.8. The Morgan fingerprint density at radius 1 is 1.30 bits per heavy atom. The highest BCUT2D eigenvalue weighted by molar-refractivity contribution is 5.89. The highest BCUT2D eigenvalue weighted by Gasteiger charge is 2.40. The standard InChI is InChI=1S/C16H10F5N3O3/c1-2-27-14(26)9-6-22-15-23-11(8-4-3-7(17)5-10(8)18)12(16(19,20)21)24(15)13(9)25/h3-6H,2H2,1H3,(H,22,23). The molecule has 0 fully saturated rings. The lowest BCUT2D eigenvalue weighted by Crippen LogP contribution is -2.27. The largest absolute Gasteiger partial charge is 0.462 e. The number of aromatic nitrogens is 3. The van der Waals surface area contributed by atoms with Gasteiger partial charge in [0.15, 0.2) is 5.69 Å². The van der Waals surface area contributed by atoms with Crippen LogP contribution in [0.3, 0.4) is 0 Å². The van der Waals surface area contributed by atoms with E-state index in [2.05, 4.69) is 14.7 Å². The number of hydrogen-bond acceptors (Lipinski definition) is 4. The third-order valence-corrected chi connectivity index (χ3v) is 3.62. The minimum absolute atomic E-state index is 0.105. The number of halogens is 5. The molecule has 0 unspecified atom stereocenters. The number of nitrogens with zero attached hydrogens (tertiary/aromatic N) is 2. The number of fused-ring (bicyclic) bond motifs is 1. The van der Waals surface area contributed by atoms with Crippen LogP contribution in [0.4, 0.5) is 22.0 Å². The maximum Gasteiger partial charge on any atom is 0.434 e. The molecule has 0 spiro atoms. The molecule has 11 heteroatoms. The summed E-state index contributed by atoms with van der Waals surface area (Å²) >= 11 is 0. The average molecular weight is 387 g/mol. The number of esters is 1. The highest BCUT2D eigenvalue weighted by atomic mass is 19.4. The number of aromatic amines is 1. The highest BCUT2D eigenvalue weighted by Crippen LogP contribution is 2.37. The number of carbonyl (C=O) groups is 1. The number of ether oxygens (including phenoxy) is 1. The number of benzene rings is 1. The maximum absolute atomic E-state index is 14.0. The molecule has 0 aliphatic heterocycles. The Labute approximate surface area is 147 Å². The monoisotopic (exact) mass is 387 g/mol. The fraction of sp³-hybridized carbons (Fsp3) is 0.188. The van der Waals surface area contributed by atoms with E-state index in [-0.39, 0.29) is 11.0 Å². The van der Waals surface area contributed by atoms with E-state index in [9.17, 15) is 31.5 Å². The van der Waals surface area contributed by atoms with Gasteiger partial charge in [-0.3, -0.25) is 4.79 Å². The Bertz CT molecular complexity index is 1100. The average Bonchev–Trinajstić information content (AvgIpc) is 2.95. The van der Waals surface area contributed by atoms with Crippen LogP contribution < -0.4 is 5.56 Å². The Hall–Kier alpha value is -3.24. The predicted octanol–water partition coefficient (Wildman–Crippen LogP) is 3.16. The van der Waals surface area contributed by atoms with Gasteiger partial charge in [0.25, 0.3) is 5.56 Å². The van der Waals surface area contributed by atoms with Gasteiger partial charge >= 0.3 is 12.1 Å². The zero-order chi connectivity index (χ0) is 19.9. The zero-order valence-corrected chi connectivity index (χ0v) is 13.5. The summed E-state index contributed by atoms with van der Waals surface area (Å²) in [5.74, 6) is -3.97. The van der Waals surface area contributed by atoms with E-state index >= 15 is 0 Å². The number of nitrogens with one attached hydrogen (secondary N) is 1. The molecule has 0 saturated carbocycles. The van der Waals surface area contributed by atoms with Crippen molar-refractivity contribution in [3.8, 4) is 11.3 Å². The minimum atomic E-state index is -5.12. The van der Waals surface area contributed by atoms with Crippen LogP contribution in [-0.2, 0) is 10.9 Å². The van der Waals surface area contributed by atoms with Crippen LogP contribution in [0.15, 0.2) is 29.2 Å². The van der Waals surface area contributed by atoms with Crippen LogP contribution >= 0.6 is 0 Å². The van der Waals surface area contributed by atoms with E-state index in [0.29, 0.717) is 6.07 Å². The molecule has 6 nitrogen and oxygen atoms in total. The Morgan fingerprint density at radius 2 is 2.00 bits per heavy atom. The van der Waals surface area contributed by atoms with E-state index in [4.69, 9.17) is 0 Å². The van der Waals surface area contributed by atoms with Crippen molar-refractivity contribution in [2.45, 2.75) is 13.1 Å². The van der Waals surface area contributed by atoms with Gasteiger partial charge in [0, 0.05) is 11.6 Å². The third kappa shape index (κ3) is 3.15. The summed E-state index contributed by atoms with van der Waals surface area (Å²) in [4.78, 5) is 30.0. The van der Waals surface area contributed by atoms with Gasteiger partial charge in [0.05, 0.1) is 18.5 Å². The number of H-pyrrole nitrogens is 1. The van der Waals surface area contributed by atoms with E-state index in [1.807, 2.05) is 0 Å². The molecule has 0 bridgehead atoms. The molecule has 2 aromatic heterocycles. The molecular formula is C16H10F5N3O3. The molecule has 0 radical (unpaired) electrons. The molecular weight excluding hydrogens is 377 g/mol. The van der Waals surface area contributed by atoms with Crippen LogP contribution in [0, 0.1) is 11.6 Å². The molecule has 27 heavy (non-hydrogen) atoms. The fourth-order valence-corrected chi connectivity index (χ4v) is 2.54. The first kappa shape index (κ1) is 18.5. The van der Waals surface area contributed by atoms with E-state index in [0.717, 1.165) is 18.3 Å². The lowest BCUT2D eigenvalue weighted by molar-refractivity contribution is -0.141. The van der Waals surface area contributed by atoms with Gasteiger partial charge in [-0.1, -0.05) is 0 Å². The summed E-state index contributed by atoms with van der Waals surface area (Å²) in [7, 11) is 0. The first-order valence-corrected chi connectivity index (χ1v) is 7.48. The van der Waals surface area contributed by atoms with Crippen LogP contribution in [0.5, 0.6) is 0 Å². The van der Waals surface area contributed by atoms with Gasteiger partial charge < -0.3 is 9.72 Å². The minimum Gasteiger partial charge on any atom is -0.462 e. The number of carbonyl (C=O) groups excluding carboxylic acids is 1. The molecule has 3 rings (SSSR count). The molecule has 0 aliphatic carbocycles. The van der Waals surface area contributed by atoms with Crippen LogP contribution in [0.25, 0.3) is 17.0 Å². The summed E-state index contributed by atoms with van der Waals surface area (Å²) in [6.07, 6.45) is -4.36. The lowest BCUT2D eigenvalue weighted by atomic mass is 10.1. The molecule has 0 amide bonds. The smallest absolute Gasteiger partial charge is 0.434 e. The Balaban J connectivity index is 2.38. The number of hydrogen-bond donors (Lipinski definition) is 1. The molecule has 3 aromatic rings. The van der Waals surface area contributed by atoms with Gasteiger partial charge in [-0.15, -0.1) is 0 Å². The van der Waals surface area contributed by atoms with Crippen LogP contribution in [0.2, 0.25) is 0 Å². The van der Waals surface area contributed by atoms with Gasteiger partial charge in [0.1, 0.15) is 17.2 Å². The van der Waals surface area contributed by atoms with Crippen molar-refractivity contribution in [1.82, 2.24) is 14.4 Å². The van der Waals surface area contributed by atoms with E-state index in [1.54, 1.807) is 0 Å². The molecule has 2 heterocycles. The second kappa shape index (κ2) is 6.49. The molecule has 1 N–H and O–H groups in total. The van der Waals surface area contributed by atoms with Crippen molar-refractivity contribution in [2.24, 2.45) is 0 Å². The van der Waals surface area contributed by atoms with Crippen molar-refractivity contribution in [3.05, 3.63) is 57.6 Å². The van der Waals surface area contributed by atoms with Gasteiger partial charge in [-0.05, 0) is 19.1 Å². The van der Waals surface area contributed by atoms with Crippen molar-refractivity contribution < 1.29 is 31.5 Å². The molecule has 1 aromatic carbocycles. The first-order valence-electron chi connectivity index (χ1n) is 7.48. The quantitative estimate of drug-likeness (QED) is 0.553. The number of alkyl halides is 3. The van der Waals surface area contributed by atoms with E-state index in [1.165, 1.54) is 6.92 Å². The van der Waals surface area contributed by atoms with Crippen molar-refractivity contribution >= 4 is 11.7 Å². The second-order valence-electron chi connectivity index (χ2n) is 5.33. The van der Waals surface area contributed by atoms with Crippen LogP contribution in [-0.4, -0.2) is 26.9 Å². The van der Waals surface area contributed by atoms with Crippen molar-refractivity contribution in [1.29, 1.82) is 0 Å². The SMILES string of the molecule is CCOC(=O)c1cnc2[nH]c(-c3ccc(F)cc3F)c(C(F)(F)F)n2c1=O. The summed E-state index contributed by atoms with van der Waals surface area (Å²) in [5.41, 5.74) is -5.08.